The molecule has 1 saturated heterocycles. The Kier molecular flexibility index (Phi) is 7.47. The zero-order valence-corrected chi connectivity index (χ0v) is 19.2. The summed E-state index contributed by atoms with van der Waals surface area (Å²) in [5.41, 5.74) is 4.65. The lowest BCUT2D eigenvalue weighted by Crippen LogP contribution is -2.37. The molecule has 3 N–H and O–H groups in total. The van der Waals surface area contributed by atoms with Gasteiger partial charge in [0.2, 0.25) is 5.91 Å². The number of benzene rings is 2. The highest BCUT2D eigenvalue weighted by Crippen LogP contribution is 2.44. The maximum Gasteiger partial charge on any atom is 0.407 e. The zero-order valence-electron chi connectivity index (χ0n) is 19.2. The minimum atomic E-state index is -1.00. The van der Waals surface area contributed by atoms with E-state index in [-0.39, 0.29) is 43.2 Å². The van der Waals surface area contributed by atoms with E-state index < -0.39 is 18.2 Å². The van der Waals surface area contributed by atoms with Gasteiger partial charge in [-0.1, -0.05) is 55.5 Å². The van der Waals surface area contributed by atoms with Crippen LogP contribution in [0, 0.1) is 11.8 Å². The Balaban J connectivity index is 1.19. The summed E-state index contributed by atoms with van der Waals surface area (Å²) in [6.07, 6.45) is -0.556. The van der Waals surface area contributed by atoms with Gasteiger partial charge in [0, 0.05) is 38.0 Å². The Bertz CT molecular complexity index is 1010. The number of carboxylic acid groups (broad SMARTS) is 1. The van der Waals surface area contributed by atoms with Gasteiger partial charge in [0.15, 0.2) is 6.10 Å². The average Bonchev–Trinajstić information content (AvgIpc) is 3.43. The summed E-state index contributed by atoms with van der Waals surface area (Å²) in [5.74, 6) is -1.52. The molecule has 0 aromatic heterocycles. The summed E-state index contributed by atoms with van der Waals surface area (Å²) < 4.78 is 10.7. The molecule has 0 saturated carbocycles. The third kappa shape index (κ3) is 5.39. The van der Waals surface area contributed by atoms with E-state index in [0.717, 1.165) is 11.1 Å². The second-order valence-corrected chi connectivity index (χ2v) is 9.00. The van der Waals surface area contributed by atoms with Crippen molar-refractivity contribution in [3.8, 4) is 11.1 Å². The third-order valence-corrected chi connectivity index (χ3v) is 6.49. The molecule has 2 aromatic rings. The fourth-order valence-corrected chi connectivity index (χ4v) is 4.73. The van der Waals surface area contributed by atoms with Crippen molar-refractivity contribution in [1.29, 1.82) is 0 Å². The van der Waals surface area contributed by atoms with Gasteiger partial charge in [-0.25, -0.2) is 9.59 Å². The van der Waals surface area contributed by atoms with Crippen LogP contribution in [0.15, 0.2) is 48.5 Å². The number of fused-ring (bicyclic) bond motifs is 3. The van der Waals surface area contributed by atoms with Gasteiger partial charge in [-0.2, -0.15) is 0 Å². The van der Waals surface area contributed by atoms with Crippen LogP contribution in [-0.2, 0) is 19.1 Å². The van der Waals surface area contributed by atoms with E-state index in [0.29, 0.717) is 19.6 Å². The molecular formula is C26H30N2O6. The van der Waals surface area contributed by atoms with Crippen molar-refractivity contribution in [1.82, 2.24) is 10.6 Å². The minimum absolute atomic E-state index is 0.00412. The number of amides is 2. The van der Waals surface area contributed by atoms with Gasteiger partial charge < -0.3 is 25.2 Å². The molecule has 180 valence electrons. The maximum absolute atomic E-state index is 12.3. The lowest BCUT2D eigenvalue weighted by Gasteiger charge is -2.17. The molecule has 3 atom stereocenters. The van der Waals surface area contributed by atoms with E-state index in [1.807, 2.05) is 31.2 Å². The highest BCUT2D eigenvalue weighted by molar-refractivity contribution is 5.79. The Morgan fingerprint density at radius 1 is 1.06 bits per heavy atom. The highest BCUT2D eigenvalue weighted by Gasteiger charge is 2.34. The van der Waals surface area contributed by atoms with Crippen molar-refractivity contribution < 1.29 is 29.0 Å². The van der Waals surface area contributed by atoms with Crippen LogP contribution in [0.1, 0.15) is 36.8 Å². The van der Waals surface area contributed by atoms with Crippen molar-refractivity contribution in [2.24, 2.45) is 11.8 Å². The summed E-state index contributed by atoms with van der Waals surface area (Å²) in [6, 6.07) is 16.3. The normalized spacial score (nSPS) is 19.7. The van der Waals surface area contributed by atoms with E-state index in [4.69, 9.17) is 14.6 Å². The van der Waals surface area contributed by atoms with Crippen molar-refractivity contribution in [3.05, 3.63) is 59.7 Å². The molecule has 2 aromatic carbocycles. The number of ether oxygens (including phenoxy) is 2. The molecule has 2 aliphatic rings. The number of carbonyl (C=O) groups excluding carboxylic acids is 2. The van der Waals surface area contributed by atoms with Gasteiger partial charge in [0.25, 0.3) is 0 Å². The van der Waals surface area contributed by atoms with Crippen molar-refractivity contribution in [3.63, 3.8) is 0 Å². The van der Waals surface area contributed by atoms with Crippen molar-refractivity contribution in [2.75, 3.05) is 26.3 Å². The third-order valence-electron chi connectivity index (χ3n) is 6.49. The predicted octanol–water partition coefficient (Wildman–Crippen LogP) is 3.16. The van der Waals surface area contributed by atoms with Crippen LogP contribution in [0.5, 0.6) is 0 Å². The van der Waals surface area contributed by atoms with Gasteiger partial charge in [-0.3, -0.25) is 4.79 Å². The molecule has 2 amide bonds. The Labute approximate surface area is 198 Å². The van der Waals surface area contributed by atoms with E-state index in [2.05, 4.69) is 34.9 Å². The molecule has 8 heteroatoms. The number of hydrogen-bond donors (Lipinski definition) is 3. The smallest absolute Gasteiger partial charge is 0.407 e. The molecule has 0 spiro atoms. The fraction of sp³-hybridized carbons (Fsp3) is 0.423. The Morgan fingerprint density at radius 2 is 1.71 bits per heavy atom. The first kappa shape index (κ1) is 23.8. The van der Waals surface area contributed by atoms with E-state index in [1.54, 1.807) is 0 Å². The molecule has 0 radical (unpaired) electrons. The first-order valence-corrected chi connectivity index (χ1v) is 11.6. The maximum atomic E-state index is 12.3. The monoisotopic (exact) mass is 466 g/mol. The summed E-state index contributed by atoms with van der Waals surface area (Å²) in [4.78, 5) is 35.7. The summed E-state index contributed by atoms with van der Waals surface area (Å²) >= 11 is 0. The molecule has 0 bridgehead atoms. The Morgan fingerprint density at radius 3 is 2.35 bits per heavy atom. The first-order valence-electron chi connectivity index (χ1n) is 11.6. The van der Waals surface area contributed by atoms with Crippen LogP contribution in [0.3, 0.4) is 0 Å². The van der Waals surface area contributed by atoms with E-state index >= 15 is 0 Å². The zero-order chi connectivity index (χ0) is 24.1. The van der Waals surface area contributed by atoms with Gasteiger partial charge in [-0.15, -0.1) is 0 Å². The van der Waals surface area contributed by atoms with Crippen molar-refractivity contribution >= 4 is 18.0 Å². The molecule has 1 fully saturated rings. The molecule has 4 rings (SSSR count). The van der Waals surface area contributed by atoms with Crippen LogP contribution in [0.4, 0.5) is 4.79 Å². The lowest BCUT2D eigenvalue weighted by atomic mass is 9.98. The van der Waals surface area contributed by atoms with Crippen LogP contribution in [0.25, 0.3) is 11.1 Å². The lowest BCUT2D eigenvalue weighted by molar-refractivity contribution is -0.149. The number of carboxylic acids is 1. The number of rotatable bonds is 9. The summed E-state index contributed by atoms with van der Waals surface area (Å²) in [5, 5.41) is 14.7. The summed E-state index contributed by atoms with van der Waals surface area (Å²) in [7, 11) is 0. The second kappa shape index (κ2) is 10.7. The van der Waals surface area contributed by atoms with Crippen LogP contribution < -0.4 is 10.6 Å². The van der Waals surface area contributed by atoms with Gasteiger partial charge in [0.1, 0.15) is 6.61 Å². The first-order chi connectivity index (χ1) is 16.4. The van der Waals surface area contributed by atoms with Gasteiger partial charge >= 0.3 is 12.1 Å². The number of aliphatic carboxylic acids is 1. The average molecular weight is 467 g/mol. The predicted molar refractivity (Wildman–Crippen MR) is 125 cm³/mol. The SMILES string of the molecule is CC(CNC(=O)OCC1c2ccccc2-c2ccccc21)CC(=O)NC[C@@H]1CCO[C@@H]1C(=O)O. The minimum Gasteiger partial charge on any atom is -0.479 e. The van der Waals surface area contributed by atoms with E-state index in [1.165, 1.54) is 11.1 Å². The quantitative estimate of drug-likeness (QED) is 0.523. The number of nitrogens with one attached hydrogen (secondary N) is 2. The standard InChI is InChI=1S/C26H30N2O6/c1-16(12-23(29)27-14-17-10-11-33-24(17)25(30)31)13-28-26(32)34-15-22-20-8-4-2-6-18(20)19-7-3-5-9-21(19)22/h2-9,16-17,22,24H,10-15H2,1H3,(H,27,29)(H,28,32)(H,30,31)/t16?,17-,24-/m0/s1. The van der Waals surface area contributed by atoms with Crippen LogP contribution in [0.2, 0.25) is 0 Å². The molecule has 1 aliphatic heterocycles. The Hall–Kier alpha value is -3.39. The van der Waals surface area contributed by atoms with Gasteiger partial charge in [-0.05, 0) is 34.6 Å². The van der Waals surface area contributed by atoms with Crippen LogP contribution >= 0.6 is 0 Å². The van der Waals surface area contributed by atoms with Crippen LogP contribution in [-0.4, -0.2) is 55.5 Å². The topological polar surface area (TPSA) is 114 Å². The van der Waals surface area contributed by atoms with Gasteiger partial charge in [0.05, 0.1) is 0 Å². The summed E-state index contributed by atoms with van der Waals surface area (Å²) in [6.45, 7) is 3.06. The highest BCUT2D eigenvalue weighted by atomic mass is 16.5. The molecule has 1 aliphatic carbocycles. The molecular weight excluding hydrogens is 436 g/mol. The number of carbonyl (C=O) groups is 3. The van der Waals surface area contributed by atoms with E-state index in [9.17, 15) is 14.4 Å². The molecule has 1 unspecified atom stereocenters. The molecule has 1 heterocycles. The largest absolute Gasteiger partial charge is 0.479 e. The fourth-order valence-electron chi connectivity index (χ4n) is 4.73. The molecule has 34 heavy (non-hydrogen) atoms. The number of hydrogen-bond acceptors (Lipinski definition) is 5. The second-order valence-electron chi connectivity index (χ2n) is 9.00. The molecule has 8 nitrogen and oxygen atoms in total. The van der Waals surface area contributed by atoms with Crippen molar-refractivity contribution in [2.45, 2.75) is 31.8 Å². The number of alkyl carbamates (subject to hydrolysis) is 1.